The molecule has 2 aromatic carbocycles. The minimum atomic E-state index is -0.805. The Morgan fingerprint density at radius 2 is 1.87 bits per heavy atom. The number of carbonyl (C=O) groups excluding carboxylic acids is 2. The van der Waals surface area contributed by atoms with Crippen LogP contribution < -0.4 is 16.0 Å². The number of rotatable bonds is 2. The fraction of sp³-hybridized carbons (Fsp3) is 0.292. The largest absolute Gasteiger partial charge is 0.399 e. The minimum Gasteiger partial charge on any atom is -0.399 e. The van der Waals surface area contributed by atoms with Crippen molar-refractivity contribution in [2.24, 2.45) is 0 Å². The molecular weight excluding hydrogens is 390 g/mol. The highest BCUT2D eigenvalue weighted by molar-refractivity contribution is 6.07. The van der Waals surface area contributed by atoms with Gasteiger partial charge in [-0.15, -0.1) is 0 Å². The zero-order valence-electron chi connectivity index (χ0n) is 17.3. The first kappa shape index (κ1) is 18.2. The van der Waals surface area contributed by atoms with E-state index in [-0.39, 0.29) is 11.9 Å². The van der Waals surface area contributed by atoms with E-state index >= 15 is 0 Å². The highest BCUT2D eigenvalue weighted by Crippen LogP contribution is 2.38. The second-order valence-corrected chi connectivity index (χ2v) is 8.88. The first-order valence-electron chi connectivity index (χ1n) is 10.6. The average molecular weight is 413 g/mol. The summed E-state index contributed by atoms with van der Waals surface area (Å²) in [5, 5.41) is 3.51. The lowest BCUT2D eigenvalue weighted by atomic mass is 9.95. The van der Waals surface area contributed by atoms with Crippen LogP contribution in [0, 0.1) is 0 Å². The fourth-order valence-corrected chi connectivity index (χ4v) is 5.31. The topological polar surface area (TPSA) is 91.6 Å². The molecule has 2 aliphatic heterocycles. The number of benzene rings is 2. The van der Waals surface area contributed by atoms with Crippen molar-refractivity contribution in [3.05, 3.63) is 64.8 Å². The van der Waals surface area contributed by atoms with Gasteiger partial charge in [-0.3, -0.25) is 15.1 Å². The number of likely N-dealkylation sites (N-methyl/N-ethyl adjacent to an activating group) is 1. The van der Waals surface area contributed by atoms with Gasteiger partial charge in [-0.05, 0) is 59.5 Å². The van der Waals surface area contributed by atoms with Crippen LogP contribution in [0.3, 0.4) is 0 Å². The lowest BCUT2D eigenvalue weighted by Crippen LogP contribution is -2.48. The summed E-state index contributed by atoms with van der Waals surface area (Å²) in [4.78, 5) is 33.4. The molecule has 156 valence electrons. The van der Waals surface area contributed by atoms with Crippen LogP contribution in [0.1, 0.15) is 22.4 Å². The van der Waals surface area contributed by atoms with E-state index < -0.39 is 5.54 Å². The lowest BCUT2D eigenvalue weighted by Gasteiger charge is -2.27. The Bertz CT molecular complexity index is 1290. The van der Waals surface area contributed by atoms with Gasteiger partial charge in [-0.2, -0.15) is 0 Å². The molecule has 7 heteroatoms. The van der Waals surface area contributed by atoms with Gasteiger partial charge in [0.05, 0.1) is 17.8 Å². The van der Waals surface area contributed by atoms with Crippen molar-refractivity contribution in [3.63, 3.8) is 0 Å². The number of carbonyl (C=O) groups is 2. The predicted molar refractivity (Wildman–Crippen MR) is 119 cm³/mol. The number of nitrogens with one attached hydrogen (secondary N) is 1. The van der Waals surface area contributed by atoms with Crippen LogP contribution in [0.2, 0.25) is 0 Å². The van der Waals surface area contributed by atoms with E-state index in [1.54, 1.807) is 11.9 Å². The summed E-state index contributed by atoms with van der Waals surface area (Å²) in [5.41, 5.74) is 12.6. The van der Waals surface area contributed by atoms with E-state index in [2.05, 4.69) is 46.6 Å². The number of amides is 3. The Kier molecular flexibility index (Phi) is 3.64. The average Bonchev–Trinajstić information content (AvgIpc) is 3.37. The molecule has 3 aromatic rings. The molecule has 3 heterocycles. The van der Waals surface area contributed by atoms with Crippen molar-refractivity contribution in [2.75, 3.05) is 24.2 Å². The van der Waals surface area contributed by atoms with Crippen LogP contribution >= 0.6 is 0 Å². The Hall–Kier alpha value is -3.61. The number of hydrogen-bond donors (Lipinski definition) is 2. The number of anilines is 2. The van der Waals surface area contributed by atoms with Crippen LogP contribution in [0.5, 0.6) is 0 Å². The SMILES string of the molecule is CN1C(=O)NC(=O)C12Cc1cc3ccc(CN4CCc5cc(N)ccc54)nc3cc1C2. The first-order chi connectivity index (χ1) is 14.9. The highest BCUT2D eigenvalue weighted by atomic mass is 16.2. The van der Waals surface area contributed by atoms with Crippen LogP contribution in [-0.4, -0.2) is 41.0 Å². The van der Waals surface area contributed by atoms with Gasteiger partial charge in [0.25, 0.3) is 5.91 Å². The Morgan fingerprint density at radius 3 is 2.65 bits per heavy atom. The summed E-state index contributed by atoms with van der Waals surface area (Å²) in [7, 11) is 1.70. The predicted octanol–water partition coefficient (Wildman–Crippen LogP) is 2.40. The van der Waals surface area contributed by atoms with E-state index in [9.17, 15) is 9.59 Å². The molecule has 3 N–H and O–H groups in total. The Balaban J connectivity index is 1.31. The zero-order chi connectivity index (χ0) is 21.3. The van der Waals surface area contributed by atoms with Crippen molar-refractivity contribution in [3.8, 4) is 0 Å². The maximum absolute atomic E-state index is 12.5. The van der Waals surface area contributed by atoms with Crippen LogP contribution in [0.4, 0.5) is 16.2 Å². The maximum atomic E-state index is 12.5. The quantitative estimate of drug-likeness (QED) is 0.497. The number of aromatic nitrogens is 1. The number of pyridine rings is 1. The number of nitrogens with two attached hydrogens (primary N) is 1. The fourth-order valence-electron chi connectivity index (χ4n) is 5.31. The van der Waals surface area contributed by atoms with Gasteiger partial charge in [-0.25, -0.2) is 4.79 Å². The van der Waals surface area contributed by atoms with Crippen LogP contribution in [0.15, 0.2) is 42.5 Å². The van der Waals surface area contributed by atoms with Crippen molar-refractivity contribution in [1.82, 2.24) is 15.2 Å². The minimum absolute atomic E-state index is 0.206. The number of fused-ring (bicyclic) bond motifs is 3. The van der Waals surface area contributed by atoms with E-state index in [4.69, 9.17) is 10.7 Å². The summed E-state index contributed by atoms with van der Waals surface area (Å²) in [6.45, 7) is 1.70. The second kappa shape index (κ2) is 6.20. The zero-order valence-corrected chi connectivity index (χ0v) is 17.3. The molecule has 0 radical (unpaired) electrons. The highest BCUT2D eigenvalue weighted by Gasteiger charge is 2.54. The smallest absolute Gasteiger partial charge is 0.324 e. The van der Waals surface area contributed by atoms with E-state index in [0.29, 0.717) is 12.8 Å². The summed E-state index contributed by atoms with van der Waals surface area (Å²) >= 11 is 0. The van der Waals surface area contributed by atoms with Gasteiger partial charge in [0.1, 0.15) is 5.54 Å². The van der Waals surface area contributed by atoms with E-state index in [1.165, 1.54) is 11.3 Å². The monoisotopic (exact) mass is 413 g/mol. The van der Waals surface area contributed by atoms with Crippen LogP contribution in [-0.2, 0) is 30.6 Å². The Labute approximate surface area is 179 Å². The molecule has 1 fully saturated rings. The number of nitrogen functional groups attached to an aromatic ring is 1. The molecule has 0 saturated carbocycles. The molecule has 7 nitrogen and oxygen atoms in total. The third kappa shape index (κ3) is 2.62. The first-order valence-corrected chi connectivity index (χ1v) is 10.6. The molecule has 0 bridgehead atoms. The molecule has 1 aromatic heterocycles. The van der Waals surface area contributed by atoms with Gasteiger partial charge in [0.15, 0.2) is 0 Å². The van der Waals surface area contributed by atoms with Crippen molar-refractivity contribution >= 4 is 34.2 Å². The summed E-state index contributed by atoms with van der Waals surface area (Å²) in [6.07, 6.45) is 2.07. The van der Waals surface area contributed by atoms with E-state index in [1.807, 2.05) is 6.07 Å². The third-order valence-corrected chi connectivity index (χ3v) is 7.07. The molecule has 1 saturated heterocycles. The number of urea groups is 1. The van der Waals surface area contributed by atoms with Crippen molar-refractivity contribution in [2.45, 2.75) is 31.3 Å². The normalized spacial score (nSPS) is 21.8. The standard InChI is InChI=1S/C24H23N5O2/c1-28-23(31)27-22(30)24(28)11-16-8-14-2-4-19(26-20(14)10-17(16)12-24)13-29-7-6-15-9-18(25)3-5-21(15)29/h2-5,8-10H,6-7,11-13,25H2,1H3,(H,27,30,31). The van der Waals surface area contributed by atoms with Gasteiger partial charge in [-0.1, -0.05) is 6.07 Å². The third-order valence-electron chi connectivity index (χ3n) is 7.07. The molecule has 1 atom stereocenters. The summed E-state index contributed by atoms with van der Waals surface area (Å²) in [6, 6.07) is 14.2. The summed E-state index contributed by atoms with van der Waals surface area (Å²) in [5.74, 6) is -0.206. The molecule has 31 heavy (non-hydrogen) atoms. The molecule has 3 aliphatic rings. The van der Waals surface area contributed by atoms with E-state index in [0.717, 1.165) is 52.9 Å². The number of nitrogens with zero attached hydrogens (tertiary/aromatic N) is 3. The maximum Gasteiger partial charge on any atom is 0.324 e. The molecule has 1 aliphatic carbocycles. The van der Waals surface area contributed by atoms with Gasteiger partial charge >= 0.3 is 6.03 Å². The van der Waals surface area contributed by atoms with Crippen molar-refractivity contribution < 1.29 is 9.59 Å². The number of hydrogen-bond acceptors (Lipinski definition) is 5. The van der Waals surface area contributed by atoms with Gasteiger partial charge < -0.3 is 15.5 Å². The molecule has 6 rings (SSSR count). The Morgan fingerprint density at radius 1 is 1.06 bits per heavy atom. The second-order valence-electron chi connectivity index (χ2n) is 8.88. The molecule has 1 spiro atoms. The molecule has 1 unspecified atom stereocenters. The summed E-state index contributed by atoms with van der Waals surface area (Å²) < 4.78 is 0. The molecular formula is C24H23N5O2. The molecule has 3 amide bonds. The van der Waals surface area contributed by atoms with Gasteiger partial charge in [0.2, 0.25) is 0 Å². The van der Waals surface area contributed by atoms with Crippen molar-refractivity contribution in [1.29, 1.82) is 0 Å². The van der Waals surface area contributed by atoms with Gasteiger partial charge in [0, 0.05) is 43.2 Å². The number of imide groups is 1. The van der Waals surface area contributed by atoms with Crippen LogP contribution in [0.25, 0.3) is 10.9 Å². The lowest BCUT2D eigenvalue weighted by molar-refractivity contribution is -0.125.